The van der Waals surface area contributed by atoms with Gasteiger partial charge in [-0.15, -0.1) is 0 Å². The number of fused-ring (bicyclic) bond motifs is 1. The van der Waals surface area contributed by atoms with Gasteiger partial charge in [-0.1, -0.05) is 38.1 Å². The average molecular weight is 578 g/mol. The lowest BCUT2D eigenvalue weighted by Crippen LogP contribution is -2.19. The summed E-state index contributed by atoms with van der Waals surface area (Å²) in [4.78, 5) is 2.58. The van der Waals surface area contributed by atoms with Crippen LogP contribution in [0.5, 0.6) is 17.2 Å². The number of aromatic nitrogens is 1. The van der Waals surface area contributed by atoms with Gasteiger partial charge in [-0.25, -0.2) is 8.60 Å². The second kappa shape index (κ2) is 12.4. The predicted octanol–water partition coefficient (Wildman–Crippen LogP) is 8.63. The molecule has 7 nitrogen and oxygen atoms in total. The van der Waals surface area contributed by atoms with E-state index in [0.717, 1.165) is 35.5 Å². The number of allylic oxidation sites excluding steroid dienone is 1. The smallest absolute Gasteiger partial charge is 0.181 e. The third-order valence-electron chi connectivity index (χ3n) is 6.05. The number of hydrogen-bond acceptors (Lipinski definition) is 7. The van der Waals surface area contributed by atoms with Crippen molar-refractivity contribution in [2.45, 2.75) is 36.8 Å². The Morgan fingerprint density at radius 2 is 1.85 bits per heavy atom. The van der Waals surface area contributed by atoms with E-state index in [9.17, 15) is 8.60 Å². The van der Waals surface area contributed by atoms with E-state index in [1.54, 1.807) is 24.3 Å². The van der Waals surface area contributed by atoms with E-state index >= 15 is 0 Å². The molecule has 0 aliphatic carbocycles. The molecule has 2 unspecified atom stereocenters. The summed E-state index contributed by atoms with van der Waals surface area (Å²) in [5.74, 6) is 1.72. The van der Waals surface area contributed by atoms with Gasteiger partial charge in [0, 0.05) is 23.1 Å². The SMILES string of the molecule is C=C1C=Cc2cc(S(=O)Nc3ccon3)ccc2N1c1ccc(Oc2ccc(F)cc2)cc1OSC(C)CCC. The normalized spacial score (nSPS) is 14.0. The number of ether oxygens (including phenoxy) is 1. The Balaban J connectivity index is 1.47. The maximum atomic E-state index is 13.4. The first kappa shape index (κ1) is 27.5. The highest BCUT2D eigenvalue weighted by Gasteiger charge is 2.24. The minimum absolute atomic E-state index is 0.283. The third-order valence-corrected chi connectivity index (χ3v) is 7.97. The lowest BCUT2D eigenvalue weighted by atomic mass is 10.0. The molecule has 0 saturated carbocycles. The first-order valence-corrected chi connectivity index (χ1v) is 14.7. The van der Waals surface area contributed by atoms with Crippen molar-refractivity contribution in [2.24, 2.45) is 0 Å². The van der Waals surface area contributed by atoms with Crippen molar-refractivity contribution >= 4 is 46.3 Å². The average Bonchev–Trinajstić information content (AvgIpc) is 3.46. The van der Waals surface area contributed by atoms with Gasteiger partial charge in [-0.3, -0.25) is 4.72 Å². The summed E-state index contributed by atoms with van der Waals surface area (Å²) in [7, 11) is -1.53. The highest BCUT2D eigenvalue weighted by molar-refractivity contribution is 7.95. The van der Waals surface area contributed by atoms with Crippen LogP contribution in [0, 0.1) is 5.82 Å². The molecule has 0 saturated heterocycles. The fraction of sp³-hybridized carbons (Fsp3) is 0.167. The summed E-state index contributed by atoms with van der Waals surface area (Å²) in [6, 6.07) is 18.6. The highest BCUT2D eigenvalue weighted by atomic mass is 32.2. The molecule has 10 heteroatoms. The Labute approximate surface area is 239 Å². The first-order chi connectivity index (χ1) is 19.4. The fourth-order valence-electron chi connectivity index (χ4n) is 4.14. The Kier molecular flexibility index (Phi) is 8.57. The molecular weight excluding hydrogens is 549 g/mol. The summed E-state index contributed by atoms with van der Waals surface area (Å²) in [5, 5.41) is 4.05. The van der Waals surface area contributed by atoms with Crippen molar-refractivity contribution in [3.63, 3.8) is 0 Å². The molecule has 1 aliphatic rings. The van der Waals surface area contributed by atoms with Crippen molar-refractivity contribution in [2.75, 3.05) is 9.62 Å². The van der Waals surface area contributed by atoms with E-state index in [0.29, 0.717) is 28.0 Å². The van der Waals surface area contributed by atoms with E-state index in [1.165, 1.54) is 30.4 Å². The van der Waals surface area contributed by atoms with Crippen molar-refractivity contribution in [1.29, 1.82) is 0 Å². The quantitative estimate of drug-likeness (QED) is 0.179. The number of nitrogens with one attached hydrogen (secondary N) is 1. The predicted molar refractivity (Wildman–Crippen MR) is 159 cm³/mol. The molecule has 0 radical (unpaired) electrons. The van der Waals surface area contributed by atoms with Gasteiger partial charge in [-0.2, -0.15) is 0 Å². The monoisotopic (exact) mass is 577 g/mol. The summed E-state index contributed by atoms with van der Waals surface area (Å²) in [6.07, 6.45) is 7.31. The Bertz CT molecular complexity index is 1540. The summed E-state index contributed by atoms with van der Waals surface area (Å²) < 4.78 is 46.2. The van der Waals surface area contributed by atoms with Gasteiger partial charge in [0.05, 0.1) is 28.3 Å². The van der Waals surface area contributed by atoms with Crippen molar-refractivity contribution in [3.05, 3.63) is 103 Å². The minimum Gasteiger partial charge on any atom is -0.457 e. The van der Waals surface area contributed by atoms with Crippen LogP contribution in [-0.2, 0) is 11.0 Å². The zero-order chi connectivity index (χ0) is 28.1. The first-order valence-electron chi connectivity index (χ1n) is 12.7. The fourth-order valence-corrected chi connectivity index (χ4v) is 5.71. The lowest BCUT2D eigenvalue weighted by Gasteiger charge is -2.31. The topological polar surface area (TPSA) is 76.8 Å². The van der Waals surface area contributed by atoms with E-state index < -0.39 is 11.0 Å². The maximum absolute atomic E-state index is 13.4. The summed E-state index contributed by atoms with van der Waals surface area (Å²) >= 11 is 1.40. The van der Waals surface area contributed by atoms with E-state index in [-0.39, 0.29) is 11.1 Å². The molecule has 3 aromatic carbocycles. The third kappa shape index (κ3) is 6.40. The largest absolute Gasteiger partial charge is 0.457 e. The van der Waals surface area contributed by atoms with Gasteiger partial charge in [0.25, 0.3) is 0 Å². The summed E-state index contributed by atoms with van der Waals surface area (Å²) in [5.41, 5.74) is 3.24. The highest BCUT2D eigenvalue weighted by Crippen LogP contribution is 2.45. The molecule has 206 valence electrons. The van der Waals surface area contributed by atoms with Gasteiger partial charge in [0.1, 0.15) is 23.6 Å². The van der Waals surface area contributed by atoms with Crippen molar-refractivity contribution in [3.8, 4) is 17.2 Å². The number of hydrogen-bond donors (Lipinski definition) is 1. The van der Waals surface area contributed by atoms with Crippen molar-refractivity contribution in [1.82, 2.24) is 5.16 Å². The van der Waals surface area contributed by atoms with Crippen LogP contribution < -0.4 is 18.5 Å². The molecule has 0 spiro atoms. The molecule has 40 heavy (non-hydrogen) atoms. The molecule has 0 fully saturated rings. The Morgan fingerprint density at radius 3 is 2.60 bits per heavy atom. The molecule has 1 aliphatic heterocycles. The molecule has 1 aromatic heterocycles. The number of rotatable bonds is 11. The van der Waals surface area contributed by atoms with Gasteiger partial charge >= 0.3 is 0 Å². The molecule has 4 aromatic rings. The van der Waals surface area contributed by atoms with Crippen LogP contribution >= 0.6 is 12.0 Å². The van der Waals surface area contributed by atoms with E-state index in [1.807, 2.05) is 47.4 Å². The number of benzene rings is 3. The maximum Gasteiger partial charge on any atom is 0.181 e. The lowest BCUT2D eigenvalue weighted by molar-refractivity contribution is 0.423. The number of anilines is 3. The van der Waals surface area contributed by atoms with Gasteiger partial charge in [-0.05, 0) is 72.7 Å². The van der Waals surface area contributed by atoms with Crippen LogP contribution in [0.2, 0.25) is 0 Å². The van der Waals surface area contributed by atoms with Crippen LogP contribution in [0.15, 0.2) is 101 Å². The second-order valence-corrected chi connectivity index (χ2v) is 11.5. The minimum atomic E-state index is -1.53. The molecule has 5 rings (SSSR count). The molecule has 2 atom stereocenters. The van der Waals surface area contributed by atoms with Crippen LogP contribution in [0.25, 0.3) is 6.08 Å². The number of halogens is 1. The zero-order valence-electron chi connectivity index (χ0n) is 22.0. The Morgan fingerprint density at radius 1 is 1.07 bits per heavy atom. The molecule has 0 bridgehead atoms. The Hall–Kier alpha value is -4.02. The van der Waals surface area contributed by atoms with Crippen molar-refractivity contribution < 1.29 is 22.0 Å². The molecule has 0 amide bonds. The van der Waals surface area contributed by atoms with Crippen LogP contribution in [-0.4, -0.2) is 14.6 Å². The van der Waals surface area contributed by atoms with Gasteiger partial charge in [0.15, 0.2) is 22.6 Å². The molecular formula is C30H28FN3O4S2. The molecule has 2 heterocycles. The van der Waals surface area contributed by atoms with Crippen LogP contribution in [0.1, 0.15) is 32.3 Å². The van der Waals surface area contributed by atoms with Crippen LogP contribution in [0.4, 0.5) is 21.6 Å². The molecule has 1 N–H and O–H groups in total. The number of nitrogens with zero attached hydrogens (tertiary/aromatic N) is 2. The van der Waals surface area contributed by atoms with Gasteiger partial charge in [0.2, 0.25) is 0 Å². The zero-order valence-corrected chi connectivity index (χ0v) is 23.6. The van der Waals surface area contributed by atoms with E-state index in [2.05, 4.69) is 30.3 Å². The standard InChI is InChI=1S/C30H28FN3O4S2/c1-4-5-21(3)39-38-29-19-25(37-24-10-8-23(31)9-11-24)12-14-28(29)34-20(2)6-7-22-18-26(13-15-27(22)34)40(35)33-30-16-17-36-32-30/h6-19,21H,2,4-5H2,1,3H3,(H,32,33). The van der Waals surface area contributed by atoms with Crippen LogP contribution in [0.3, 0.4) is 0 Å². The summed E-state index contributed by atoms with van der Waals surface area (Å²) in [6.45, 7) is 8.53. The van der Waals surface area contributed by atoms with Gasteiger partial charge < -0.3 is 18.3 Å². The second-order valence-electron chi connectivity index (χ2n) is 9.10. The van der Waals surface area contributed by atoms with E-state index in [4.69, 9.17) is 13.4 Å².